The van der Waals surface area contributed by atoms with E-state index in [0.29, 0.717) is 24.2 Å². The molecule has 1 amide bonds. The lowest BCUT2D eigenvalue weighted by molar-refractivity contribution is 0.179. The number of nitrogens with one attached hydrogen (secondary N) is 3. The number of hydrogen-bond acceptors (Lipinski definition) is 7. The average Bonchev–Trinajstić information content (AvgIpc) is 3.50. The zero-order valence-corrected chi connectivity index (χ0v) is 17.2. The fraction of sp³-hybridized carbons (Fsp3) is 0.318. The zero-order valence-electron chi connectivity index (χ0n) is 17.2. The van der Waals surface area contributed by atoms with Gasteiger partial charge in [0, 0.05) is 24.0 Å². The van der Waals surface area contributed by atoms with Crippen molar-refractivity contribution in [2.75, 3.05) is 18.7 Å². The number of anilines is 1. The van der Waals surface area contributed by atoms with Crippen molar-refractivity contribution in [1.29, 1.82) is 0 Å². The minimum Gasteiger partial charge on any atom is -0.394 e. The number of aliphatic hydroxyl groups excluding tert-OH is 1. The average molecular weight is 423 g/mol. The van der Waals surface area contributed by atoms with E-state index >= 15 is 0 Å². The Morgan fingerprint density at radius 3 is 2.87 bits per heavy atom. The van der Waals surface area contributed by atoms with Crippen LogP contribution in [0, 0.1) is 12.8 Å². The lowest BCUT2D eigenvalue weighted by Crippen LogP contribution is -2.33. The van der Waals surface area contributed by atoms with Crippen LogP contribution in [0.15, 0.2) is 48.8 Å². The first-order valence-electron chi connectivity index (χ1n) is 10.2. The second-order valence-corrected chi connectivity index (χ2v) is 7.51. The van der Waals surface area contributed by atoms with Gasteiger partial charge in [-0.25, -0.2) is 20.2 Å². The van der Waals surface area contributed by atoms with Gasteiger partial charge in [-0.3, -0.25) is 4.84 Å². The van der Waals surface area contributed by atoms with E-state index in [0.717, 1.165) is 16.7 Å². The number of aromatic amines is 1. The third-order valence-corrected chi connectivity index (χ3v) is 4.96. The van der Waals surface area contributed by atoms with E-state index in [1.165, 1.54) is 12.8 Å². The van der Waals surface area contributed by atoms with Crippen LogP contribution in [-0.4, -0.2) is 39.4 Å². The van der Waals surface area contributed by atoms with Gasteiger partial charge in [0.2, 0.25) is 11.8 Å². The number of aromatic nitrogens is 3. The molecule has 1 saturated carbocycles. The van der Waals surface area contributed by atoms with E-state index in [9.17, 15) is 9.90 Å². The number of aryl methyl sites for hydroxylation is 1. The Labute approximate surface area is 179 Å². The highest BCUT2D eigenvalue weighted by Crippen LogP contribution is 2.29. The second kappa shape index (κ2) is 9.59. The maximum atomic E-state index is 12.3. The first-order chi connectivity index (χ1) is 15.1. The number of hydrogen-bond donors (Lipinski definition) is 4. The summed E-state index contributed by atoms with van der Waals surface area (Å²) in [5.74, 6) is 1.26. The van der Waals surface area contributed by atoms with Crippen molar-refractivity contribution >= 4 is 12.0 Å². The number of benzene rings is 1. The van der Waals surface area contributed by atoms with E-state index in [1.54, 1.807) is 18.5 Å². The molecule has 9 heteroatoms. The third kappa shape index (κ3) is 5.59. The summed E-state index contributed by atoms with van der Waals surface area (Å²) in [6, 6.07) is 10.3. The van der Waals surface area contributed by atoms with Crippen molar-refractivity contribution in [3.05, 3.63) is 59.9 Å². The lowest BCUT2D eigenvalue weighted by Gasteiger charge is -2.15. The molecule has 4 N–H and O–H groups in total. The summed E-state index contributed by atoms with van der Waals surface area (Å²) >= 11 is 0. The normalized spacial score (nSPS) is 14.1. The fourth-order valence-electron chi connectivity index (χ4n) is 3.05. The van der Waals surface area contributed by atoms with Crippen LogP contribution in [0.5, 0.6) is 5.88 Å². The van der Waals surface area contributed by atoms with Gasteiger partial charge in [-0.05, 0) is 36.8 Å². The van der Waals surface area contributed by atoms with E-state index in [-0.39, 0.29) is 12.5 Å². The summed E-state index contributed by atoms with van der Waals surface area (Å²) < 4.78 is 5.34. The summed E-state index contributed by atoms with van der Waals surface area (Å²) in [5.41, 5.74) is 5.88. The van der Waals surface area contributed by atoms with Crippen LogP contribution >= 0.6 is 0 Å². The molecule has 0 aliphatic heterocycles. The standard InChI is InChI=1S/C22H25N5O4/c1-14-10-24-21(27-30-13-15-7-8-15)26-20(14)17-9-19(23-11-17)31-22(29)25-18(12-28)16-5-3-2-4-6-16/h2-6,9-11,15,18,23,28H,7-8,12-13H2,1H3,(H,25,29)(H,24,26,27). The third-order valence-electron chi connectivity index (χ3n) is 4.96. The summed E-state index contributed by atoms with van der Waals surface area (Å²) in [4.78, 5) is 29.4. The Hall–Kier alpha value is -3.43. The Morgan fingerprint density at radius 2 is 2.13 bits per heavy atom. The molecular weight excluding hydrogens is 398 g/mol. The number of nitrogens with zero attached hydrogens (tertiary/aromatic N) is 2. The first kappa shape index (κ1) is 20.8. The Morgan fingerprint density at radius 1 is 1.32 bits per heavy atom. The minimum atomic E-state index is -0.674. The first-order valence-corrected chi connectivity index (χ1v) is 10.2. The summed E-state index contributed by atoms with van der Waals surface area (Å²) in [5, 5.41) is 12.2. The van der Waals surface area contributed by atoms with Crippen LogP contribution in [0.4, 0.5) is 10.7 Å². The van der Waals surface area contributed by atoms with Gasteiger partial charge in [-0.1, -0.05) is 30.3 Å². The summed E-state index contributed by atoms with van der Waals surface area (Å²) in [6.07, 6.45) is 5.13. The Bertz CT molecular complexity index is 1020. The number of carbonyl (C=O) groups excluding carboxylic acids is 1. The van der Waals surface area contributed by atoms with Crippen molar-refractivity contribution in [2.24, 2.45) is 5.92 Å². The van der Waals surface area contributed by atoms with Crippen molar-refractivity contribution in [3.63, 3.8) is 0 Å². The van der Waals surface area contributed by atoms with Gasteiger partial charge in [0.1, 0.15) is 0 Å². The number of rotatable bonds is 9. The summed E-state index contributed by atoms with van der Waals surface area (Å²) in [7, 11) is 0. The van der Waals surface area contributed by atoms with Gasteiger partial charge in [0.05, 0.1) is 24.9 Å². The van der Waals surface area contributed by atoms with E-state index in [4.69, 9.17) is 9.57 Å². The molecule has 1 fully saturated rings. The highest BCUT2D eigenvalue weighted by molar-refractivity contribution is 5.72. The van der Waals surface area contributed by atoms with Crippen LogP contribution in [0.1, 0.15) is 30.0 Å². The number of amides is 1. The molecular formula is C22H25N5O4. The number of H-pyrrole nitrogens is 1. The molecule has 31 heavy (non-hydrogen) atoms. The van der Waals surface area contributed by atoms with Crippen molar-refractivity contribution in [3.8, 4) is 17.1 Å². The van der Waals surface area contributed by atoms with Crippen LogP contribution in [-0.2, 0) is 4.84 Å². The topological polar surface area (TPSA) is 121 Å². The number of aliphatic hydroxyl groups is 1. The van der Waals surface area contributed by atoms with E-state index < -0.39 is 12.1 Å². The molecule has 1 atom stereocenters. The van der Waals surface area contributed by atoms with Crippen LogP contribution in [0.3, 0.4) is 0 Å². The fourth-order valence-corrected chi connectivity index (χ4v) is 3.05. The smallest absolute Gasteiger partial charge is 0.394 e. The number of ether oxygens (including phenoxy) is 1. The predicted octanol–water partition coefficient (Wildman–Crippen LogP) is 3.36. The summed E-state index contributed by atoms with van der Waals surface area (Å²) in [6.45, 7) is 2.30. The Kier molecular flexibility index (Phi) is 6.44. The lowest BCUT2D eigenvalue weighted by atomic mass is 10.1. The molecule has 0 saturated heterocycles. The molecule has 1 aromatic carbocycles. The highest BCUT2D eigenvalue weighted by atomic mass is 16.6. The second-order valence-electron chi connectivity index (χ2n) is 7.51. The number of carbonyl (C=O) groups is 1. The minimum absolute atomic E-state index is 0.242. The maximum Gasteiger partial charge on any atom is 0.414 e. The molecule has 1 aliphatic rings. The van der Waals surface area contributed by atoms with Gasteiger partial charge >= 0.3 is 6.09 Å². The quantitative estimate of drug-likeness (QED) is 0.389. The largest absolute Gasteiger partial charge is 0.414 e. The molecule has 0 spiro atoms. The van der Waals surface area contributed by atoms with Gasteiger partial charge in [0.15, 0.2) is 0 Å². The maximum absolute atomic E-state index is 12.3. The molecule has 2 aromatic heterocycles. The van der Waals surface area contributed by atoms with Gasteiger partial charge in [0.25, 0.3) is 0 Å². The van der Waals surface area contributed by atoms with Crippen LogP contribution < -0.4 is 15.5 Å². The SMILES string of the molecule is Cc1cnc(NOCC2CC2)nc1-c1c[nH]c(OC(=O)NC(CO)c2ccccc2)c1. The van der Waals surface area contributed by atoms with Gasteiger partial charge in [-0.2, -0.15) is 0 Å². The molecule has 0 bridgehead atoms. The van der Waals surface area contributed by atoms with Crippen molar-refractivity contribution in [1.82, 2.24) is 20.3 Å². The predicted molar refractivity (Wildman–Crippen MR) is 114 cm³/mol. The molecule has 0 radical (unpaired) electrons. The van der Waals surface area contributed by atoms with E-state index in [2.05, 4.69) is 25.7 Å². The monoisotopic (exact) mass is 423 g/mol. The molecule has 162 valence electrons. The Balaban J connectivity index is 1.38. The zero-order chi connectivity index (χ0) is 21.6. The van der Waals surface area contributed by atoms with E-state index in [1.807, 2.05) is 37.3 Å². The molecule has 4 rings (SSSR count). The molecule has 1 aliphatic carbocycles. The highest BCUT2D eigenvalue weighted by Gasteiger charge is 2.21. The molecule has 9 nitrogen and oxygen atoms in total. The van der Waals surface area contributed by atoms with Gasteiger partial charge < -0.3 is 20.1 Å². The van der Waals surface area contributed by atoms with Crippen molar-refractivity contribution < 1.29 is 19.5 Å². The molecule has 1 unspecified atom stereocenters. The van der Waals surface area contributed by atoms with Crippen LogP contribution in [0.2, 0.25) is 0 Å². The van der Waals surface area contributed by atoms with Gasteiger partial charge in [-0.15, -0.1) is 0 Å². The molecule has 2 heterocycles. The molecule has 3 aromatic rings. The van der Waals surface area contributed by atoms with Crippen LogP contribution in [0.25, 0.3) is 11.3 Å². The van der Waals surface area contributed by atoms with Crippen molar-refractivity contribution in [2.45, 2.75) is 25.8 Å².